The van der Waals surface area contributed by atoms with Gasteiger partial charge in [0, 0.05) is 6.20 Å². The molecule has 0 amide bonds. The molecule has 0 spiro atoms. The lowest BCUT2D eigenvalue weighted by Gasteiger charge is -2.10. The Bertz CT molecular complexity index is 429. The maximum absolute atomic E-state index is 11.9. The van der Waals surface area contributed by atoms with Crippen molar-refractivity contribution < 1.29 is 17.9 Å². The van der Waals surface area contributed by atoms with Gasteiger partial charge in [-0.05, 0) is 38.5 Å². The van der Waals surface area contributed by atoms with Gasteiger partial charge in [0.05, 0.1) is 13.6 Å². The fourth-order valence-electron chi connectivity index (χ4n) is 0.732. The molecule has 15 heavy (non-hydrogen) atoms. The van der Waals surface area contributed by atoms with E-state index in [4.69, 9.17) is 5.26 Å². The van der Waals surface area contributed by atoms with Gasteiger partial charge >= 0.3 is 6.36 Å². The van der Waals surface area contributed by atoms with E-state index in [1.807, 2.05) is 0 Å². The van der Waals surface area contributed by atoms with E-state index in [1.165, 1.54) is 0 Å². The highest BCUT2D eigenvalue weighted by Crippen LogP contribution is 2.32. The smallest absolute Gasteiger partial charge is 0.387 e. The lowest BCUT2D eigenvalue weighted by atomic mass is 10.3. The number of aromatic nitrogens is 1. The van der Waals surface area contributed by atoms with Gasteiger partial charge < -0.3 is 4.74 Å². The number of nitriles is 1. The zero-order chi connectivity index (χ0) is 11.6. The van der Waals surface area contributed by atoms with Gasteiger partial charge in [-0.25, -0.2) is 4.98 Å². The molecule has 0 aliphatic carbocycles. The highest BCUT2D eigenvalue weighted by Gasteiger charge is 2.33. The van der Waals surface area contributed by atoms with E-state index in [0.717, 1.165) is 6.20 Å². The maximum atomic E-state index is 11.9. The second kappa shape index (κ2) is 4.52. The van der Waals surface area contributed by atoms with Crippen LogP contribution in [0.2, 0.25) is 0 Å². The Kier molecular flexibility index (Phi) is 3.77. The lowest BCUT2D eigenvalue weighted by Crippen LogP contribution is -2.18. The van der Waals surface area contributed by atoms with Crippen molar-refractivity contribution in [2.75, 3.05) is 0 Å². The molecule has 1 aromatic rings. The molecular formula is C7HBrF3IN2O. The number of hydrogen-bond acceptors (Lipinski definition) is 3. The maximum Gasteiger partial charge on any atom is 0.574 e. The molecule has 0 saturated heterocycles. The molecule has 0 aromatic carbocycles. The largest absolute Gasteiger partial charge is 0.574 e. The Morgan fingerprint density at radius 2 is 2.13 bits per heavy atom. The molecule has 3 nitrogen and oxygen atoms in total. The highest BCUT2D eigenvalue weighted by molar-refractivity contribution is 14.1. The van der Waals surface area contributed by atoms with Crippen molar-refractivity contribution in [1.82, 2.24) is 4.98 Å². The number of pyridine rings is 1. The second-order valence-corrected chi connectivity index (χ2v) is 4.22. The third kappa shape index (κ3) is 3.20. The van der Waals surface area contributed by atoms with Crippen LogP contribution in [0.15, 0.2) is 10.7 Å². The van der Waals surface area contributed by atoms with Crippen LogP contribution in [0.5, 0.6) is 5.88 Å². The number of nitrogens with zero attached hydrogens (tertiary/aromatic N) is 2. The topological polar surface area (TPSA) is 45.9 Å². The number of halogens is 5. The molecule has 0 unspecified atom stereocenters. The van der Waals surface area contributed by atoms with Crippen molar-refractivity contribution >= 4 is 38.5 Å². The average molecular weight is 393 g/mol. The second-order valence-electron chi connectivity index (χ2n) is 2.26. The molecule has 0 aliphatic heterocycles. The van der Waals surface area contributed by atoms with Gasteiger partial charge in [0.2, 0.25) is 5.88 Å². The predicted octanol–water partition coefficient (Wildman–Crippen LogP) is 3.22. The van der Waals surface area contributed by atoms with Crippen molar-refractivity contribution in [3.63, 3.8) is 0 Å². The Hall–Kier alpha value is -0.560. The van der Waals surface area contributed by atoms with Gasteiger partial charge in [0.15, 0.2) is 0 Å². The molecule has 0 aliphatic rings. The van der Waals surface area contributed by atoms with E-state index < -0.39 is 12.2 Å². The lowest BCUT2D eigenvalue weighted by molar-refractivity contribution is -0.276. The van der Waals surface area contributed by atoms with E-state index in [0.29, 0.717) is 3.57 Å². The first-order valence-electron chi connectivity index (χ1n) is 3.35. The first kappa shape index (κ1) is 12.5. The van der Waals surface area contributed by atoms with Gasteiger partial charge in [0.1, 0.15) is 6.07 Å². The minimum Gasteiger partial charge on any atom is -0.387 e. The molecule has 80 valence electrons. The fourth-order valence-corrected chi connectivity index (χ4v) is 2.12. The van der Waals surface area contributed by atoms with Crippen LogP contribution in [-0.2, 0) is 0 Å². The van der Waals surface area contributed by atoms with Crippen LogP contribution < -0.4 is 4.74 Å². The summed E-state index contributed by atoms with van der Waals surface area (Å²) in [6, 6.07) is 1.75. The minimum absolute atomic E-state index is 0.0600. The van der Waals surface area contributed by atoms with Crippen LogP contribution in [0.1, 0.15) is 5.56 Å². The summed E-state index contributed by atoms with van der Waals surface area (Å²) >= 11 is 4.62. The SMILES string of the molecule is N#Cc1c(I)cnc(OC(F)(F)F)c1Br. The third-order valence-electron chi connectivity index (χ3n) is 1.27. The van der Waals surface area contributed by atoms with E-state index in [1.54, 1.807) is 28.7 Å². The molecule has 0 N–H and O–H groups in total. The van der Waals surface area contributed by atoms with Crippen LogP contribution in [0.4, 0.5) is 13.2 Å². The highest BCUT2D eigenvalue weighted by atomic mass is 127. The number of hydrogen-bond donors (Lipinski definition) is 0. The standard InChI is InChI=1S/C7HBrF3IN2O/c8-5-3(1-13)4(12)2-14-6(5)15-7(9,10)11/h2H. The van der Waals surface area contributed by atoms with Crippen LogP contribution >= 0.6 is 38.5 Å². The summed E-state index contributed by atoms with van der Waals surface area (Å²) in [6.45, 7) is 0. The van der Waals surface area contributed by atoms with E-state index in [2.05, 4.69) is 25.7 Å². The number of rotatable bonds is 1. The summed E-state index contributed by atoms with van der Waals surface area (Å²) in [5.41, 5.74) is 0.0600. The van der Waals surface area contributed by atoms with Crippen molar-refractivity contribution in [3.8, 4) is 11.9 Å². The molecule has 1 heterocycles. The zero-order valence-corrected chi connectivity index (χ0v) is 10.5. The summed E-state index contributed by atoms with van der Waals surface area (Å²) in [5, 5.41) is 8.67. The molecule has 1 rings (SSSR count). The summed E-state index contributed by atoms with van der Waals surface area (Å²) < 4.78 is 39.6. The van der Waals surface area contributed by atoms with Gasteiger partial charge in [-0.2, -0.15) is 5.26 Å². The molecule has 0 atom stereocenters. The van der Waals surface area contributed by atoms with E-state index in [9.17, 15) is 13.2 Å². The summed E-state index contributed by atoms with van der Waals surface area (Å²) in [6.07, 6.45) is -3.69. The quantitative estimate of drug-likeness (QED) is 0.689. The van der Waals surface area contributed by atoms with Crippen LogP contribution in [-0.4, -0.2) is 11.3 Å². The molecule has 0 saturated carbocycles. The molecule has 8 heteroatoms. The van der Waals surface area contributed by atoms with Crippen molar-refractivity contribution in [2.24, 2.45) is 0 Å². The van der Waals surface area contributed by atoms with Gasteiger partial charge in [-0.3, -0.25) is 0 Å². The zero-order valence-electron chi connectivity index (χ0n) is 6.77. The first-order valence-corrected chi connectivity index (χ1v) is 5.22. The van der Waals surface area contributed by atoms with Crippen LogP contribution in [0.3, 0.4) is 0 Å². The number of ether oxygens (including phenoxy) is 1. The first-order chi connectivity index (χ1) is 6.85. The summed E-state index contributed by atoms with van der Waals surface area (Å²) in [4.78, 5) is 3.42. The molecule has 0 fully saturated rings. The summed E-state index contributed by atoms with van der Waals surface area (Å²) in [5.74, 6) is -0.667. The van der Waals surface area contributed by atoms with Crippen LogP contribution in [0, 0.1) is 14.9 Å². The molecule has 0 bridgehead atoms. The Morgan fingerprint density at radius 1 is 1.53 bits per heavy atom. The molecule has 0 radical (unpaired) electrons. The molecular weight excluding hydrogens is 392 g/mol. The third-order valence-corrected chi connectivity index (χ3v) is 2.82. The Labute approximate surface area is 105 Å². The van der Waals surface area contributed by atoms with Crippen LogP contribution in [0.25, 0.3) is 0 Å². The van der Waals surface area contributed by atoms with Crippen molar-refractivity contribution in [2.45, 2.75) is 6.36 Å². The van der Waals surface area contributed by atoms with Crippen molar-refractivity contribution in [3.05, 3.63) is 19.8 Å². The van der Waals surface area contributed by atoms with Gasteiger partial charge in [0.25, 0.3) is 0 Å². The fraction of sp³-hybridized carbons (Fsp3) is 0.143. The predicted molar refractivity (Wildman–Crippen MR) is 56.1 cm³/mol. The Balaban J connectivity index is 3.18. The van der Waals surface area contributed by atoms with Crippen molar-refractivity contribution in [1.29, 1.82) is 5.26 Å². The monoisotopic (exact) mass is 392 g/mol. The van der Waals surface area contributed by atoms with Gasteiger partial charge in [-0.1, -0.05) is 0 Å². The molecule has 1 aromatic heterocycles. The number of alkyl halides is 3. The Morgan fingerprint density at radius 3 is 2.60 bits per heavy atom. The van der Waals surface area contributed by atoms with Gasteiger partial charge in [-0.15, -0.1) is 13.2 Å². The summed E-state index contributed by atoms with van der Waals surface area (Å²) in [7, 11) is 0. The minimum atomic E-state index is -4.82. The average Bonchev–Trinajstić information content (AvgIpc) is 2.09. The van der Waals surface area contributed by atoms with E-state index >= 15 is 0 Å². The normalized spacial score (nSPS) is 10.9. The van der Waals surface area contributed by atoms with E-state index in [-0.39, 0.29) is 10.0 Å².